The van der Waals surface area contributed by atoms with E-state index in [9.17, 15) is 9.59 Å². The molecule has 2 aromatic carbocycles. The van der Waals surface area contributed by atoms with Crippen molar-refractivity contribution in [3.05, 3.63) is 57.0 Å². The molecule has 198 valence electrons. The van der Waals surface area contributed by atoms with Crippen molar-refractivity contribution in [1.29, 1.82) is 0 Å². The standard InChI is InChI=1S/C24H26Cl3N5O4S/c1-3-19(28-24(34)36-13-5-4-6-15-7-9-16(35-2)10-8-15)20(33)14-32-23(29-30-31-32)37-22-18(26)12-11-17(25)21(22)27/h7-12,19H,3-6,13-14H2,1-2H3,(H,28,34). The zero-order chi connectivity index (χ0) is 26.8. The van der Waals surface area contributed by atoms with Gasteiger partial charge in [0, 0.05) is 0 Å². The lowest BCUT2D eigenvalue weighted by atomic mass is 10.1. The Morgan fingerprint density at radius 2 is 1.81 bits per heavy atom. The van der Waals surface area contributed by atoms with Crippen LogP contribution in [0.25, 0.3) is 0 Å². The fourth-order valence-electron chi connectivity index (χ4n) is 3.30. The smallest absolute Gasteiger partial charge is 0.407 e. The molecule has 9 nitrogen and oxygen atoms in total. The van der Waals surface area contributed by atoms with Crippen LogP contribution in [0.4, 0.5) is 4.79 Å². The molecule has 1 amide bonds. The lowest BCUT2D eigenvalue weighted by Crippen LogP contribution is -2.42. The zero-order valence-corrected chi connectivity index (χ0v) is 23.3. The summed E-state index contributed by atoms with van der Waals surface area (Å²) < 4.78 is 11.7. The number of nitrogens with zero attached hydrogens (tertiary/aromatic N) is 4. The molecule has 1 N–H and O–H groups in total. The fraction of sp³-hybridized carbons (Fsp3) is 0.375. The third-order valence-corrected chi connectivity index (χ3v) is 7.79. The molecule has 1 unspecified atom stereocenters. The van der Waals surface area contributed by atoms with Crippen molar-refractivity contribution in [2.24, 2.45) is 0 Å². The van der Waals surface area contributed by atoms with Crippen molar-refractivity contribution in [3.63, 3.8) is 0 Å². The van der Waals surface area contributed by atoms with Gasteiger partial charge in [0.1, 0.15) is 12.3 Å². The van der Waals surface area contributed by atoms with Crippen LogP contribution in [0.1, 0.15) is 31.7 Å². The van der Waals surface area contributed by atoms with Gasteiger partial charge in [0.15, 0.2) is 5.78 Å². The van der Waals surface area contributed by atoms with Gasteiger partial charge in [-0.2, -0.15) is 0 Å². The number of hydrogen-bond acceptors (Lipinski definition) is 8. The lowest BCUT2D eigenvalue weighted by Gasteiger charge is -2.16. The Morgan fingerprint density at radius 1 is 1.08 bits per heavy atom. The van der Waals surface area contributed by atoms with Crippen molar-refractivity contribution in [3.8, 4) is 5.75 Å². The number of alkyl carbamates (subject to hydrolysis) is 1. The van der Waals surface area contributed by atoms with E-state index in [0.29, 0.717) is 32.9 Å². The normalized spacial score (nSPS) is 11.7. The molecular weight excluding hydrogens is 561 g/mol. The summed E-state index contributed by atoms with van der Waals surface area (Å²) in [5.41, 5.74) is 1.18. The highest BCUT2D eigenvalue weighted by Crippen LogP contribution is 2.41. The average molecular weight is 587 g/mol. The number of aryl methyl sites for hydroxylation is 1. The number of benzene rings is 2. The maximum absolute atomic E-state index is 12.9. The number of rotatable bonds is 13. The van der Waals surface area contributed by atoms with Crippen molar-refractivity contribution in [2.45, 2.75) is 55.2 Å². The van der Waals surface area contributed by atoms with Crippen LogP contribution in [-0.4, -0.2) is 51.8 Å². The average Bonchev–Trinajstić information content (AvgIpc) is 3.33. The largest absolute Gasteiger partial charge is 0.497 e. The first-order valence-electron chi connectivity index (χ1n) is 11.5. The highest BCUT2D eigenvalue weighted by molar-refractivity contribution is 7.99. The van der Waals surface area contributed by atoms with Gasteiger partial charge in [-0.15, -0.1) is 5.10 Å². The summed E-state index contributed by atoms with van der Waals surface area (Å²) in [5, 5.41) is 15.4. The van der Waals surface area contributed by atoms with E-state index in [1.165, 1.54) is 10.2 Å². The van der Waals surface area contributed by atoms with Crippen LogP contribution in [0, 0.1) is 0 Å². The van der Waals surface area contributed by atoms with Crippen LogP contribution in [0.15, 0.2) is 46.5 Å². The molecule has 3 aromatic rings. The van der Waals surface area contributed by atoms with E-state index in [4.69, 9.17) is 44.3 Å². The van der Waals surface area contributed by atoms with Gasteiger partial charge >= 0.3 is 6.09 Å². The van der Waals surface area contributed by atoms with Gasteiger partial charge in [-0.1, -0.05) is 53.9 Å². The van der Waals surface area contributed by atoms with Crippen molar-refractivity contribution in [1.82, 2.24) is 25.5 Å². The molecule has 1 aromatic heterocycles. The molecule has 0 aliphatic carbocycles. The van der Waals surface area contributed by atoms with Crippen molar-refractivity contribution >= 4 is 58.4 Å². The summed E-state index contributed by atoms with van der Waals surface area (Å²) in [7, 11) is 1.63. The molecule has 3 rings (SSSR count). The summed E-state index contributed by atoms with van der Waals surface area (Å²) in [6.45, 7) is 1.88. The predicted octanol–water partition coefficient (Wildman–Crippen LogP) is 5.89. The zero-order valence-electron chi connectivity index (χ0n) is 20.2. The number of ether oxygens (including phenoxy) is 2. The first-order chi connectivity index (χ1) is 17.8. The van der Waals surface area contributed by atoms with E-state index in [1.807, 2.05) is 24.3 Å². The minimum atomic E-state index is -0.757. The molecule has 0 saturated heterocycles. The minimum absolute atomic E-state index is 0.161. The Kier molecular flexibility index (Phi) is 11.3. The van der Waals surface area contributed by atoms with E-state index in [2.05, 4.69) is 20.8 Å². The molecule has 1 atom stereocenters. The van der Waals surface area contributed by atoms with Gasteiger partial charge in [-0.3, -0.25) is 4.79 Å². The van der Waals surface area contributed by atoms with Gasteiger partial charge in [0.25, 0.3) is 0 Å². The van der Waals surface area contributed by atoms with E-state index in [0.717, 1.165) is 30.4 Å². The minimum Gasteiger partial charge on any atom is -0.497 e. The number of aromatic nitrogens is 4. The van der Waals surface area contributed by atoms with Crippen LogP contribution in [0.3, 0.4) is 0 Å². The topological polar surface area (TPSA) is 108 Å². The van der Waals surface area contributed by atoms with Gasteiger partial charge < -0.3 is 14.8 Å². The predicted molar refractivity (Wildman–Crippen MR) is 143 cm³/mol. The number of nitrogens with one attached hydrogen (secondary N) is 1. The molecule has 0 aliphatic rings. The van der Waals surface area contributed by atoms with E-state index in [-0.39, 0.29) is 24.0 Å². The molecule has 0 aliphatic heterocycles. The Morgan fingerprint density at radius 3 is 2.51 bits per heavy atom. The summed E-state index contributed by atoms with van der Waals surface area (Å²) in [6.07, 6.45) is 2.15. The first-order valence-corrected chi connectivity index (χ1v) is 13.4. The van der Waals surface area contributed by atoms with E-state index < -0.39 is 12.1 Å². The van der Waals surface area contributed by atoms with Gasteiger partial charge in [-0.25, -0.2) is 9.48 Å². The SMILES string of the molecule is CCC(NC(=O)OCCCCc1ccc(OC)cc1)C(=O)Cn1nnnc1Sc1c(Cl)ccc(Cl)c1Cl. The number of tetrazole rings is 1. The van der Waals surface area contributed by atoms with Crippen LogP contribution in [0.2, 0.25) is 15.1 Å². The van der Waals surface area contributed by atoms with Crippen LogP contribution in [0.5, 0.6) is 5.75 Å². The molecule has 1 heterocycles. The Balaban J connectivity index is 1.46. The molecular formula is C24H26Cl3N5O4S. The lowest BCUT2D eigenvalue weighted by molar-refractivity contribution is -0.122. The van der Waals surface area contributed by atoms with Crippen molar-refractivity contribution < 1.29 is 19.1 Å². The number of amides is 1. The van der Waals surface area contributed by atoms with Crippen molar-refractivity contribution in [2.75, 3.05) is 13.7 Å². The van der Waals surface area contributed by atoms with E-state index >= 15 is 0 Å². The number of Topliss-reactive ketones (excluding diaryl/α,β-unsaturated/α-hetero) is 1. The summed E-state index contributed by atoms with van der Waals surface area (Å²) in [5.74, 6) is 0.533. The van der Waals surface area contributed by atoms with Crippen LogP contribution in [-0.2, 0) is 22.5 Å². The molecule has 0 saturated carbocycles. The summed E-state index contributed by atoms with van der Waals surface area (Å²) >= 11 is 19.7. The fourth-order valence-corrected chi connectivity index (χ4v) is 4.95. The number of halogens is 3. The highest BCUT2D eigenvalue weighted by atomic mass is 35.5. The number of methoxy groups -OCH3 is 1. The van der Waals surface area contributed by atoms with E-state index in [1.54, 1.807) is 26.2 Å². The van der Waals surface area contributed by atoms with Crippen LogP contribution < -0.4 is 10.1 Å². The molecule has 37 heavy (non-hydrogen) atoms. The van der Waals surface area contributed by atoms with Gasteiger partial charge in [0.2, 0.25) is 5.16 Å². The maximum atomic E-state index is 12.9. The number of unbranched alkanes of at least 4 members (excludes halogenated alkanes) is 1. The Bertz CT molecular complexity index is 1210. The molecule has 0 fully saturated rings. The maximum Gasteiger partial charge on any atom is 0.407 e. The quantitative estimate of drug-likeness (QED) is 0.195. The number of ketones is 1. The summed E-state index contributed by atoms with van der Waals surface area (Å²) in [6, 6.07) is 10.3. The van der Waals surface area contributed by atoms with Gasteiger partial charge in [-0.05, 0) is 77.7 Å². The molecule has 13 heteroatoms. The molecule has 0 radical (unpaired) electrons. The number of carbonyl (C=O) groups is 2. The van der Waals surface area contributed by atoms with Crippen LogP contribution >= 0.6 is 46.6 Å². The first kappa shape index (κ1) is 29.0. The Hall–Kier alpha value is -2.53. The molecule has 0 bridgehead atoms. The third-order valence-electron chi connectivity index (χ3n) is 5.34. The number of hydrogen-bond donors (Lipinski definition) is 1. The highest BCUT2D eigenvalue weighted by Gasteiger charge is 2.23. The second-order valence-corrected chi connectivity index (χ2v) is 10.1. The second-order valence-electron chi connectivity index (χ2n) is 7.91. The number of carbonyl (C=O) groups excluding carboxylic acids is 2. The Labute approximate surface area is 234 Å². The second kappa shape index (κ2) is 14.4. The summed E-state index contributed by atoms with van der Waals surface area (Å²) in [4.78, 5) is 25.6. The third kappa shape index (κ3) is 8.49. The van der Waals surface area contributed by atoms with Gasteiger partial charge in [0.05, 0.1) is 39.7 Å². The molecule has 0 spiro atoms. The monoisotopic (exact) mass is 585 g/mol.